The smallest absolute Gasteiger partial charge is 0.262 e. The SMILES string of the molecule is Cc1cccc(NS(=O)(=O)c2cc(C(=O)NC(C)c3ccc(C)cc3C)ccc2C)c1. The second-order valence-corrected chi connectivity index (χ2v) is 9.66. The van der Waals surface area contributed by atoms with Crippen LogP contribution in [0.2, 0.25) is 0 Å². The lowest BCUT2D eigenvalue weighted by molar-refractivity contribution is 0.0939. The topological polar surface area (TPSA) is 75.3 Å². The fourth-order valence-electron chi connectivity index (χ4n) is 3.62. The number of amides is 1. The van der Waals surface area contributed by atoms with Crippen LogP contribution in [0.1, 0.15) is 51.1 Å². The molecule has 1 unspecified atom stereocenters. The number of anilines is 1. The van der Waals surface area contributed by atoms with Crippen molar-refractivity contribution in [2.24, 2.45) is 0 Å². The summed E-state index contributed by atoms with van der Waals surface area (Å²) in [7, 11) is -3.84. The molecule has 162 valence electrons. The highest BCUT2D eigenvalue weighted by Gasteiger charge is 2.20. The first-order valence-electron chi connectivity index (χ1n) is 10.1. The number of benzene rings is 3. The summed E-state index contributed by atoms with van der Waals surface area (Å²) in [6.07, 6.45) is 0. The quantitative estimate of drug-likeness (QED) is 0.557. The van der Waals surface area contributed by atoms with Gasteiger partial charge in [-0.25, -0.2) is 8.42 Å². The van der Waals surface area contributed by atoms with Gasteiger partial charge in [-0.3, -0.25) is 9.52 Å². The molecule has 0 radical (unpaired) electrons. The van der Waals surface area contributed by atoms with E-state index in [1.807, 2.05) is 45.9 Å². The maximum atomic E-state index is 13.0. The van der Waals surface area contributed by atoms with Crippen molar-refractivity contribution in [2.75, 3.05) is 4.72 Å². The van der Waals surface area contributed by atoms with Crippen LogP contribution in [0, 0.1) is 27.7 Å². The second kappa shape index (κ2) is 8.94. The van der Waals surface area contributed by atoms with Crippen molar-refractivity contribution in [2.45, 2.75) is 45.6 Å². The number of carbonyl (C=O) groups excluding carboxylic acids is 1. The van der Waals surface area contributed by atoms with Crippen LogP contribution in [0.25, 0.3) is 0 Å². The first kappa shape index (κ1) is 22.6. The summed E-state index contributed by atoms with van der Waals surface area (Å²) >= 11 is 0. The molecule has 31 heavy (non-hydrogen) atoms. The Morgan fingerprint density at radius 2 is 1.55 bits per heavy atom. The van der Waals surface area contributed by atoms with E-state index in [1.165, 1.54) is 6.07 Å². The predicted molar refractivity (Wildman–Crippen MR) is 125 cm³/mol. The van der Waals surface area contributed by atoms with Gasteiger partial charge in [-0.1, -0.05) is 42.0 Å². The maximum absolute atomic E-state index is 13.0. The van der Waals surface area contributed by atoms with Crippen LogP contribution in [-0.4, -0.2) is 14.3 Å². The minimum atomic E-state index is -3.84. The van der Waals surface area contributed by atoms with Crippen molar-refractivity contribution in [3.8, 4) is 0 Å². The van der Waals surface area contributed by atoms with E-state index in [0.717, 1.165) is 22.3 Å². The fourth-order valence-corrected chi connectivity index (χ4v) is 4.94. The fraction of sp³-hybridized carbons (Fsp3) is 0.240. The average molecular weight is 437 g/mol. The molecule has 6 heteroatoms. The standard InChI is InChI=1S/C25H28N2O3S/c1-16-7-6-8-22(14-16)27-31(29,30)24-15-21(11-10-18(24)3)25(28)26-20(5)23-12-9-17(2)13-19(23)4/h6-15,20,27H,1-5H3,(H,26,28). The molecule has 3 aromatic rings. The van der Waals surface area contributed by atoms with E-state index >= 15 is 0 Å². The van der Waals surface area contributed by atoms with E-state index in [0.29, 0.717) is 16.8 Å². The number of hydrogen-bond acceptors (Lipinski definition) is 3. The highest BCUT2D eigenvalue weighted by molar-refractivity contribution is 7.92. The Labute approximate surface area is 184 Å². The third-order valence-electron chi connectivity index (χ3n) is 5.25. The molecule has 1 atom stereocenters. The van der Waals surface area contributed by atoms with Crippen LogP contribution < -0.4 is 10.0 Å². The summed E-state index contributed by atoms with van der Waals surface area (Å²) in [5.74, 6) is -0.320. The maximum Gasteiger partial charge on any atom is 0.262 e. The molecule has 0 saturated carbocycles. The van der Waals surface area contributed by atoms with Gasteiger partial charge in [-0.05, 0) is 81.1 Å². The van der Waals surface area contributed by atoms with Crippen molar-refractivity contribution >= 4 is 21.6 Å². The summed E-state index contributed by atoms with van der Waals surface area (Å²) in [6.45, 7) is 9.56. The van der Waals surface area contributed by atoms with Crippen LogP contribution in [0.3, 0.4) is 0 Å². The van der Waals surface area contributed by atoms with Gasteiger partial charge in [-0.2, -0.15) is 0 Å². The molecule has 0 aromatic heterocycles. The summed E-state index contributed by atoms with van der Waals surface area (Å²) in [6, 6.07) is 17.8. The molecule has 0 aliphatic rings. The molecule has 0 spiro atoms. The number of carbonyl (C=O) groups is 1. The van der Waals surface area contributed by atoms with Crippen molar-refractivity contribution in [1.29, 1.82) is 0 Å². The Bertz CT molecular complexity index is 1230. The lowest BCUT2D eigenvalue weighted by Crippen LogP contribution is -2.27. The van der Waals surface area contributed by atoms with Gasteiger partial charge in [0.15, 0.2) is 0 Å². The zero-order valence-corrected chi connectivity index (χ0v) is 19.3. The van der Waals surface area contributed by atoms with Crippen molar-refractivity contribution in [1.82, 2.24) is 5.32 Å². The number of aryl methyl sites for hydroxylation is 4. The number of rotatable bonds is 6. The van der Waals surface area contributed by atoms with Crippen LogP contribution in [-0.2, 0) is 10.0 Å². The minimum absolute atomic E-state index is 0.0841. The Hall–Kier alpha value is -3.12. The van der Waals surface area contributed by atoms with E-state index in [4.69, 9.17) is 0 Å². The molecular formula is C25H28N2O3S. The van der Waals surface area contributed by atoms with Gasteiger partial charge in [0.1, 0.15) is 0 Å². The molecule has 3 aromatic carbocycles. The van der Waals surface area contributed by atoms with Crippen LogP contribution in [0.4, 0.5) is 5.69 Å². The number of sulfonamides is 1. The number of nitrogens with one attached hydrogen (secondary N) is 2. The van der Waals surface area contributed by atoms with E-state index < -0.39 is 10.0 Å². The third kappa shape index (κ3) is 5.33. The molecule has 0 bridgehead atoms. The number of hydrogen-bond donors (Lipinski definition) is 2. The molecule has 0 aliphatic heterocycles. The van der Waals surface area contributed by atoms with Crippen molar-refractivity contribution < 1.29 is 13.2 Å². The third-order valence-corrected chi connectivity index (χ3v) is 6.77. The van der Waals surface area contributed by atoms with Gasteiger partial charge in [0.25, 0.3) is 15.9 Å². The molecule has 5 nitrogen and oxygen atoms in total. The molecule has 0 fully saturated rings. The van der Waals surface area contributed by atoms with Gasteiger partial charge in [0.05, 0.1) is 10.9 Å². The normalized spacial score (nSPS) is 12.3. The Morgan fingerprint density at radius 3 is 2.23 bits per heavy atom. The van der Waals surface area contributed by atoms with Crippen LogP contribution >= 0.6 is 0 Å². The molecule has 0 saturated heterocycles. The van der Waals surface area contributed by atoms with E-state index in [2.05, 4.69) is 16.1 Å². The van der Waals surface area contributed by atoms with Gasteiger partial charge >= 0.3 is 0 Å². The second-order valence-electron chi connectivity index (χ2n) is 8.01. The van der Waals surface area contributed by atoms with E-state index in [-0.39, 0.29) is 16.8 Å². The summed E-state index contributed by atoms with van der Waals surface area (Å²) < 4.78 is 28.6. The zero-order valence-electron chi connectivity index (χ0n) is 18.5. The van der Waals surface area contributed by atoms with Crippen LogP contribution in [0.15, 0.2) is 65.6 Å². The zero-order chi connectivity index (χ0) is 22.8. The Balaban J connectivity index is 1.85. The molecule has 1 amide bonds. The largest absolute Gasteiger partial charge is 0.346 e. The van der Waals surface area contributed by atoms with Gasteiger partial charge in [-0.15, -0.1) is 0 Å². The molecule has 3 rings (SSSR count). The average Bonchev–Trinajstić information content (AvgIpc) is 2.67. The van der Waals surface area contributed by atoms with E-state index in [9.17, 15) is 13.2 Å². The Morgan fingerprint density at radius 1 is 0.839 bits per heavy atom. The molecule has 0 heterocycles. The Kier molecular flexibility index (Phi) is 6.51. The lowest BCUT2D eigenvalue weighted by Gasteiger charge is -2.18. The monoisotopic (exact) mass is 436 g/mol. The van der Waals surface area contributed by atoms with Crippen molar-refractivity contribution in [3.63, 3.8) is 0 Å². The highest BCUT2D eigenvalue weighted by Crippen LogP contribution is 2.23. The predicted octanol–water partition coefficient (Wildman–Crippen LogP) is 5.21. The molecule has 0 aliphatic carbocycles. The van der Waals surface area contributed by atoms with Gasteiger partial charge in [0, 0.05) is 11.3 Å². The summed E-state index contributed by atoms with van der Waals surface area (Å²) in [5.41, 5.74) is 5.59. The first-order chi connectivity index (χ1) is 14.6. The van der Waals surface area contributed by atoms with Gasteiger partial charge < -0.3 is 5.32 Å². The molecular weight excluding hydrogens is 408 g/mol. The van der Waals surface area contributed by atoms with Gasteiger partial charge in [0.2, 0.25) is 0 Å². The molecule has 2 N–H and O–H groups in total. The van der Waals surface area contributed by atoms with Crippen molar-refractivity contribution in [3.05, 3.63) is 94.0 Å². The first-order valence-corrected chi connectivity index (χ1v) is 11.6. The summed E-state index contributed by atoms with van der Waals surface area (Å²) in [5, 5.41) is 2.97. The minimum Gasteiger partial charge on any atom is -0.346 e. The summed E-state index contributed by atoms with van der Waals surface area (Å²) in [4.78, 5) is 13.0. The van der Waals surface area contributed by atoms with E-state index in [1.54, 1.807) is 37.3 Å². The highest BCUT2D eigenvalue weighted by atomic mass is 32.2. The van der Waals surface area contributed by atoms with Crippen LogP contribution in [0.5, 0.6) is 0 Å². The lowest BCUT2D eigenvalue weighted by atomic mass is 10.00.